The van der Waals surface area contributed by atoms with Gasteiger partial charge >= 0.3 is 0 Å². The maximum absolute atomic E-state index is 12.5. The van der Waals surface area contributed by atoms with E-state index in [2.05, 4.69) is 0 Å². The smallest absolute Gasteiger partial charge is 0.155 e. The van der Waals surface area contributed by atoms with Crippen molar-refractivity contribution < 1.29 is 13.2 Å². The molecule has 2 rings (SSSR count). The van der Waals surface area contributed by atoms with Crippen molar-refractivity contribution in [3.63, 3.8) is 0 Å². The number of hydrogen-bond donors (Lipinski definition) is 1. The number of sulfone groups is 1. The fourth-order valence-corrected chi connectivity index (χ4v) is 4.77. The molecule has 20 heavy (non-hydrogen) atoms. The molecular formula is C15H23NO3S. The summed E-state index contributed by atoms with van der Waals surface area (Å²) in [6.45, 7) is 4.06. The Morgan fingerprint density at radius 1 is 1.40 bits per heavy atom. The van der Waals surface area contributed by atoms with E-state index in [1.165, 1.54) is 0 Å². The molecule has 1 aromatic rings. The number of nitrogens with two attached hydrogens (primary N) is 1. The van der Waals surface area contributed by atoms with E-state index in [1.54, 1.807) is 7.11 Å². The zero-order valence-electron chi connectivity index (χ0n) is 12.3. The predicted molar refractivity (Wildman–Crippen MR) is 80.7 cm³/mol. The van der Waals surface area contributed by atoms with Crippen molar-refractivity contribution in [3.05, 3.63) is 29.3 Å². The highest BCUT2D eigenvalue weighted by molar-refractivity contribution is 7.92. The van der Waals surface area contributed by atoms with E-state index in [-0.39, 0.29) is 5.75 Å². The number of benzene rings is 1. The van der Waals surface area contributed by atoms with Crippen LogP contribution < -0.4 is 10.5 Å². The Morgan fingerprint density at radius 3 is 2.70 bits per heavy atom. The first-order valence-electron chi connectivity index (χ1n) is 6.99. The third kappa shape index (κ3) is 2.99. The first kappa shape index (κ1) is 15.3. The molecule has 1 aliphatic rings. The van der Waals surface area contributed by atoms with Crippen LogP contribution in [0.2, 0.25) is 0 Å². The van der Waals surface area contributed by atoms with E-state index in [9.17, 15) is 8.42 Å². The van der Waals surface area contributed by atoms with Gasteiger partial charge in [0.25, 0.3) is 0 Å². The number of rotatable bonds is 5. The molecule has 2 unspecified atom stereocenters. The highest BCUT2D eigenvalue weighted by Gasteiger charge is 2.38. The van der Waals surface area contributed by atoms with E-state index in [4.69, 9.17) is 10.5 Å². The van der Waals surface area contributed by atoms with Crippen molar-refractivity contribution in [3.8, 4) is 5.75 Å². The largest absolute Gasteiger partial charge is 0.497 e. The van der Waals surface area contributed by atoms with Crippen LogP contribution >= 0.6 is 0 Å². The molecule has 0 radical (unpaired) electrons. The minimum absolute atomic E-state index is 0.216. The Hall–Kier alpha value is -1.07. The molecule has 0 amide bonds. The number of ether oxygens (including phenoxy) is 1. The molecule has 112 valence electrons. The van der Waals surface area contributed by atoms with Gasteiger partial charge in [-0.15, -0.1) is 0 Å². The van der Waals surface area contributed by atoms with Crippen LogP contribution in [0, 0.1) is 5.92 Å². The highest BCUT2D eigenvalue weighted by Crippen LogP contribution is 2.36. The summed E-state index contributed by atoms with van der Waals surface area (Å²) < 4.78 is 30.1. The Bertz CT molecular complexity index is 581. The van der Waals surface area contributed by atoms with Gasteiger partial charge in [0.15, 0.2) is 9.84 Å². The van der Waals surface area contributed by atoms with Gasteiger partial charge in [-0.2, -0.15) is 0 Å². The second-order valence-corrected chi connectivity index (χ2v) is 8.22. The lowest BCUT2D eigenvalue weighted by molar-refractivity contribution is 0.414. The summed E-state index contributed by atoms with van der Waals surface area (Å²) in [6, 6.07) is 5.19. The molecule has 4 nitrogen and oxygen atoms in total. The predicted octanol–water partition coefficient (Wildman–Crippen LogP) is 2.08. The van der Waals surface area contributed by atoms with Gasteiger partial charge in [-0.1, -0.05) is 19.9 Å². The molecule has 0 saturated carbocycles. The summed E-state index contributed by atoms with van der Waals surface area (Å²) in [7, 11) is -1.56. The molecule has 1 aromatic carbocycles. The van der Waals surface area contributed by atoms with E-state index in [0.717, 1.165) is 16.9 Å². The maximum Gasteiger partial charge on any atom is 0.155 e. The zero-order valence-corrected chi connectivity index (χ0v) is 13.1. The third-order valence-electron chi connectivity index (χ3n) is 3.97. The summed E-state index contributed by atoms with van der Waals surface area (Å²) in [5, 5.41) is -0.497. The zero-order chi connectivity index (χ0) is 14.9. The SMILES string of the molecule is COc1ccc2c(c1)C(N)C(S(=O)(=O)CCC(C)C)C2. The molecule has 1 aliphatic carbocycles. The summed E-state index contributed by atoms with van der Waals surface area (Å²) in [6.07, 6.45) is 1.20. The van der Waals surface area contributed by atoms with Crippen molar-refractivity contribution in [1.82, 2.24) is 0 Å². The van der Waals surface area contributed by atoms with E-state index < -0.39 is 21.1 Å². The summed E-state index contributed by atoms with van der Waals surface area (Å²) in [5.74, 6) is 1.32. The summed E-state index contributed by atoms with van der Waals surface area (Å²) >= 11 is 0. The second kappa shape index (κ2) is 5.74. The average Bonchev–Trinajstić information content (AvgIpc) is 2.74. The van der Waals surface area contributed by atoms with Gasteiger partial charge in [-0.25, -0.2) is 8.42 Å². The fraction of sp³-hybridized carbons (Fsp3) is 0.600. The van der Waals surface area contributed by atoms with Crippen LogP contribution in [0.25, 0.3) is 0 Å². The van der Waals surface area contributed by atoms with Crippen LogP contribution in [0.5, 0.6) is 5.75 Å². The Balaban J connectivity index is 2.21. The van der Waals surface area contributed by atoms with Crippen LogP contribution in [0.15, 0.2) is 18.2 Å². The minimum atomic E-state index is -3.16. The molecule has 2 N–H and O–H groups in total. The molecule has 0 saturated heterocycles. The quantitative estimate of drug-likeness (QED) is 0.903. The Morgan fingerprint density at radius 2 is 2.10 bits per heavy atom. The van der Waals surface area contributed by atoms with Crippen LogP contribution in [-0.4, -0.2) is 26.5 Å². The van der Waals surface area contributed by atoms with Gasteiger partial charge in [0.05, 0.1) is 18.1 Å². The van der Waals surface area contributed by atoms with E-state index in [0.29, 0.717) is 18.8 Å². The van der Waals surface area contributed by atoms with Crippen molar-refractivity contribution in [1.29, 1.82) is 0 Å². The molecule has 0 bridgehead atoms. The summed E-state index contributed by atoms with van der Waals surface area (Å²) in [5.41, 5.74) is 8.10. The Kier molecular flexibility index (Phi) is 4.39. The van der Waals surface area contributed by atoms with Crippen molar-refractivity contribution in [2.45, 2.75) is 38.0 Å². The molecule has 0 spiro atoms. The second-order valence-electron chi connectivity index (χ2n) is 5.88. The number of hydrogen-bond acceptors (Lipinski definition) is 4. The molecule has 0 heterocycles. The van der Waals surface area contributed by atoms with Crippen LogP contribution in [0.3, 0.4) is 0 Å². The standard InChI is InChI=1S/C15H23NO3S/c1-10(2)6-7-20(17,18)14-8-11-4-5-12(19-3)9-13(11)15(14)16/h4-5,9-10,14-15H,6-8,16H2,1-3H3. The summed E-state index contributed by atoms with van der Waals surface area (Å²) in [4.78, 5) is 0. The first-order valence-corrected chi connectivity index (χ1v) is 8.70. The van der Waals surface area contributed by atoms with Crippen LogP contribution in [0.4, 0.5) is 0 Å². The monoisotopic (exact) mass is 297 g/mol. The molecular weight excluding hydrogens is 274 g/mol. The molecule has 0 fully saturated rings. The van der Waals surface area contributed by atoms with Crippen LogP contribution in [-0.2, 0) is 16.3 Å². The Labute approximate surface area is 121 Å². The average molecular weight is 297 g/mol. The van der Waals surface area contributed by atoms with Crippen molar-refractivity contribution >= 4 is 9.84 Å². The molecule has 2 atom stereocenters. The molecule has 5 heteroatoms. The van der Waals surface area contributed by atoms with Gasteiger partial charge in [-0.05, 0) is 42.0 Å². The topological polar surface area (TPSA) is 69.4 Å². The lowest BCUT2D eigenvalue weighted by atomic mass is 10.1. The highest BCUT2D eigenvalue weighted by atomic mass is 32.2. The van der Waals surface area contributed by atoms with E-state index >= 15 is 0 Å². The number of fused-ring (bicyclic) bond motifs is 1. The normalized spacial score (nSPS) is 22.1. The van der Waals surface area contributed by atoms with Crippen LogP contribution in [0.1, 0.15) is 37.4 Å². The first-order chi connectivity index (χ1) is 9.35. The van der Waals surface area contributed by atoms with Gasteiger partial charge in [0.1, 0.15) is 5.75 Å². The third-order valence-corrected chi connectivity index (χ3v) is 6.16. The van der Waals surface area contributed by atoms with Gasteiger partial charge < -0.3 is 10.5 Å². The maximum atomic E-state index is 12.5. The fourth-order valence-electron chi connectivity index (χ4n) is 2.64. The van der Waals surface area contributed by atoms with Gasteiger partial charge in [0, 0.05) is 6.04 Å². The van der Waals surface area contributed by atoms with Gasteiger partial charge in [-0.3, -0.25) is 0 Å². The molecule has 0 aliphatic heterocycles. The lowest BCUT2D eigenvalue weighted by Gasteiger charge is -2.17. The number of methoxy groups -OCH3 is 1. The minimum Gasteiger partial charge on any atom is -0.497 e. The lowest BCUT2D eigenvalue weighted by Crippen LogP contribution is -2.32. The van der Waals surface area contributed by atoms with Crippen molar-refractivity contribution in [2.24, 2.45) is 11.7 Å². The molecule has 0 aromatic heterocycles. The van der Waals surface area contributed by atoms with Crippen molar-refractivity contribution in [2.75, 3.05) is 12.9 Å². The van der Waals surface area contributed by atoms with E-state index in [1.807, 2.05) is 32.0 Å². The van der Waals surface area contributed by atoms with Gasteiger partial charge in [0.2, 0.25) is 0 Å².